The van der Waals surface area contributed by atoms with Gasteiger partial charge in [-0.05, 0) is 35.7 Å². The number of benzene rings is 1. The van der Waals surface area contributed by atoms with Gasteiger partial charge in [0, 0.05) is 37.7 Å². The van der Waals surface area contributed by atoms with Crippen molar-refractivity contribution in [3.05, 3.63) is 58.4 Å². The second kappa shape index (κ2) is 5.72. The number of aromatic nitrogens is 1. The van der Waals surface area contributed by atoms with E-state index in [0.29, 0.717) is 6.04 Å². The van der Waals surface area contributed by atoms with Crippen molar-refractivity contribution < 1.29 is 4.74 Å². The van der Waals surface area contributed by atoms with Crippen LogP contribution in [0.15, 0.2) is 30.3 Å². The average molecular weight is 304 g/mol. The van der Waals surface area contributed by atoms with Crippen molar-refractivity contribution in [2.45, 2.75) is 32.4 Å². The van der Waals surface area contributed by atoms with E-state index >= 15 is 0 Å². The third-order valence-electron chi connectivity index (χ3n) is 4.98. The molecule has 0 saturated carbocycles. The van der Waals surface area contributed by atoms with Gasteiger partial charge in [0.1, 0.15) is 11.4 Å². The average Bonchev–Trinajstić information content (AvgIpc) is 3.07. The summed E-state index contributed by atoms with van der Waals surface area (Å²) in [5, 5.41) is 0. The van der Waals surface area contributed by atoms with E-state index in [9.17, 15) is 0 Å². The minimum Gasteiger partial charge on any atom is -0.493 e. The summed E-state index contributed by atoms with van der Waals surface area (Å²) in [7, 11) is 0. The molecular formula is C20H20N2O. The van der Waals surface area contributed by atoms with Crippen LogP contribution in [-0.4, -0.2) is 23.0 Å². The quantitative estimate of drug-likeness (QED) is 0.797. The zero-order valence-corrected chi connectivity index (χ0v) is 13.4. The Bertz CT molecular complexity index is 791. The smallest absolute Gasteiger partial charge is 0.122 e. The molecule has 3 heterocycles. The van der Waals surface area contributed by atoms with Gasteiger partial charge in [-0.15, -0.1) is 6.42 Å². The summed E-state index contributed by atoms with van der Waals surface area (Å²) in [6.45, 7) is 5.01. The van der Waals surface area contributed by atoms with Crippen molar-refractivity contribution in [3.8, 4) is 18.1 Å². The number of hydrogen-bond acceptors (Lipinski definition) is 3. The number of terminal acetylenes is 1. The highest BCUT2D eigenvalue weighted by Crippen LogP contribution is 2.32. The molecule has 3 nitrogen and oxygen atoms in total. The molecule has 0 spiro atoms. The SMILES string of the molecule is C#Cc1ccc2c(n1)CCN(C(C)c1ccc3c(c1)OCC3)C2. The van der Waals surface area contributed by atoms with Crippen molar-refractivity contribution in [2.75, 3.05) is 13.2 Å². The van der Waals surface area contributed by atoms with E-state index in [0.717, 1.165) is 49.7 Å². The van der Waals surface area contributed by atoms with E-state index in [-0.39, 0.29) is 0 Å². The Hall–Kier alpha value is -2.31. The number of fused-ring (bicyclic) bond motifs is 2. The van der Waals surface area contributed by atoms with Crippen molar-refractivity contribution >= 4 is 0 Å². The molecule has 3 heteroatoms. The van der Waals surface area contributed by atoms with E-state index in [1.807, 2.05) is 6.07 Å². The monoisotopic (exact) mass is 304 g/mol. The molecule has 1 aromatic carbocycles. The summed E-state index contributed by atoms with van der Waals surface area (Å²) in [6.07, 6.45) is 7.43. The van der Waals surface area contributed by atoms with Gasteiger partial charge in [0.25, 0.3) is 0 Å². The maximum Gasteiger partial charge on any atom is 0.122 e. The number of pyridine rings is 1. The Morgan fingerprint density at radius 3 is 2.96 bits per heavy atom. The molecule has 0 radical (unpaired) electrons. The molecule has 1 atom stereocenters. The lowest BCUT2D eigenvalue weighted by Gasteiger charge is -2.33. The van der Waals surface area contributed by atoms with Crippen LogP contribution in [0.3, 0.4) is 0 Å². The zero-order chi connectivity index (χ0) is 15.8. The lowest BCUT2D eigenvalue weighted by atomic mass is 9.99. The highest BCUT2D eigenvalue weighted by molar-refractivity contribution is 5.41. The van der Waals surface area contributed by atoms with Crippen molar-refractivity contribution in [2.24, 2.45) is 0 Å². The van der Waals surface area contributed by atoms with E-state index < -0.39 is 0 Å². The summed E-state index contributed by atoms with van der Waals surface area (Å²) in [6, 6.07) is 11.1. The zero-order valence-electron chi connectivity index (χ0n) is 13.4. The first-order valence-corrected chi connectivity index (χ1v) is 8.19. The lowest BCUT2D eigenvalue weighted by Crippen LogP contribution is -2.33. The summed E-state index contributed by atoms with van der Waals surface area (Å²) in [4.78, 5) is 7.06. The first-order valence-electron chi connectivity index (χ1n) is 8.19. The van der Waals surface area contributed by atoms with E-state index in [1.54, 1.807) is 0 Å². The summed E-state index contributed by atoms with van der Waals surface area (Å²) < 4.78 is 5.71. The number of hydrogen-bond donors (Lipinski definition) is 0. The summed E-state index contributed by atoms with van der Waals surface area (Å²) >= 11 is 0. The van der Waals surface area contributed by atoms with E-state index in [2.05, 4.69) is 47.0 Å². The molecule has 2 aliphatic heterocycles. The molecule has 1 aromatic heterocycles. The van der Waals surface area contributed by atoms with Crippen LogP contribution in [0.1, 0.15) is 41.0 Å². The van der Waals surface area contributed by atoms with Gasteiger partial charge < -0.3 is 4.74 Å². The first-order chi connectivity index (χ1) is 11.2. The molecule has 23 heavy (non-hydrogen) atoms. The maximum atomic E-state index is 5.71. The predicted octanol–water partition coefficient (Wildman–Crippen LogP) is 3.12. The van der Waals surface area contributed by atoms with Gasteiger partial charge in [-0.2, -0.15) is 0 Å². The normalized spacial score (nSPS) is 17.7. The number of ether oxygens (including phenoxy) is 1. The van der Waals surface area contributed by atoms with Gasteiger partial charge in [0.2, 0.25) is 0 Å². The minimum atomic E-state index is 0.366. The van der Waals surface area contributed by atoms with Crippen molar-refractivity contribution in [1.29, 1.82) is 0 Å². The van der Waals surface area contributed by atoms with Gasteiger partial charge >= 0.3 is 0 Å². The molecule has 4 rings (SSSR count). The Kier molecular flexibility index (Phi) is 3.55. The molecule has 0 saturated heterocycles. The summed E-state index contributed by atoms with van der Waals surface area (Å²) in [5.74, 6) is 3.68. The van der Waals surface area contributed by atoms with Crippen LogP contribution >= 0.6 is 0 Å². The maximum absolute atomic E-state index is 5.71. The molecule has 0 fully saturated rings. The third kappa shape index (κ3) is 2.60. The Labute approximate surface area is 137 Å². The Morgan fingerprint density at radius 1 is 1.22 bits per heavy atom. The highest BCUT2D eigenvalue weighted by atomic mass is 16.5. The molecule has 0 N–H and O–H groups in total. The molecule has 0 bridgehead atoms. The minimum absolute atomic E-state index is 0.366. The van der Waals surface area contributed by atoms with Crippen LogP contribution in [0, 0.1) is 12.3 Å². The number of nitrogens with zero attached hydrogens (tertiary/aromatic N) is 2. The fourth-order valence-corrected chi connectivity index (χ4v) is 3.50. The van der Waals surface area contributed by atoms with Crippen LogP contribution in [0.2, 0.25) is 0 Å². The number of rotatable bonds is 2. The topological polar surface area (TPSA) is 25.4 Å². The van der Waals surface area contributed by atoms with Crippen LogP contribution < -0.4 is 4.74 Å². The molecule has 0 amide bonds. The van der Waals surface area contributed by atoms with E-state index in [4.69, 9.17) is 11.2 Å². The van der Waals surface area contributed by atoms with Gasteiger partial charge in [0.15, 0.2) is 0 Å². The predicted molar refractivity (Wildman–Crippen MR) is 90.3 cm³/mol. The lowest BCUT2D eigenvalue weighted by molar-refractivity contribution is 0.190. The van der Waals surface area contributed by atoms with Gasteiger partial charge in [-0.1, -0.05) is 24.1 Å². The van der Waals surface area contributed by atoms with Crippen molar-refractivity contribution in [3.63, 3.8) is 0 Å². The molecular weight excluding hydrogens is 284 g/mol. The van der Waals surface area contributed by atoms with Gasteiger partial charge in [-0.3, -0.25) is 4.90 Å². The Balaban J connectivity index is 1.56. The summed E-state index contributed by atoms with van der Waals surface area (Å²) in [5.41, 5.74) is 5.83. The molecule has 1 unspecified atom stereocenters. The van der Waals surface area contributed by atoms with Crippen molar-refractivity contribution in [1.82, 2.24) is 9.88 Å². The molecule has 2 aromatic rings. The van der Waals surface area contributed by atoms with E-state index in [1.165, 1.54) is 16.7 Å². The van der Waals surface area contributed by atoms with Gasteiger partial charge in [-0.25, -0.2) is 4.98 Å². The second-order valence-corrected chi connectivity index (χ2v) is 6.31. The van der Waals surface area contributed by atoms with Crippen LogP contribution in [-0.2, 0) is 19.4 Å². The fraction of sp³-hybridized carbons (Fsp3) is 0.350. The first kappa shape index (κ1) is 14.3. The fourth-order valence-electron chi connectivity index (χ4n) is 3.50. The standard InChI is InChI=1S/C20H20N2O/c1-3-18-7-6-17-13-22(10-8-19(17)21-18)14(2)16-5-4-15-9-11-23-20(15)12-16/h1,4-7,12,14H,8-11,13H2,2H3. The third-order valence-corrected chi connectivity index (χ3v) is 4.98. The van der Waals surface area contributed by atoms with Gasteiger partial charge in [0.05, 0.1) is 6.61 Å². The van der Waals surface area contributed by atoms with Crippen LogP contribution in [0.4, 0.5) is 0 Å². The van der Waals surface area contributed by atoms with Crippen LogP contribution in [0.25, 0.3) is 0 Å². The second-order valence-electron chi connectivity index (χ2n) is 6.31. The highest BCUT2D eigenvalue weighted by Gasteiger charge is 2.24. The Morgan fingerprint density at radius 2 is 2.09 bits per heavy atom. The molecule has 116 valence electrons. The van der Waals surface area contributed by atoms with Crippen LogP contribution in [0.5, 0.6) is 5.75 Å². The molecule has 2 aliphatic rings. The largest absolute Gasteiger partial charge is 0.493 e. The molecule has 0 aliphatic carbocycles.